The van der Waals surface area contributed by atoms with Gasteiger partial charge < -0.3 is 20.1 Å². The summed E-state index contributed by atoms with van der Waals surface area (Å²) in [5.41, 5.74) is 0.595. The number of anilines is 1. The molecular weight excluding hydrogens is 396 g/mol. The lowest BCUT2D eigenvalue weighted by atomic mass is 10.2. The van der Waals surface area contributed by atoms with Crippen LogP contribution in [-0.2, 0) is 4.79 Å². The maximum absolute atomic E-state index is 12.0. The quantitative estimate of drug-likeness (QED) is 0.811. The van der Waals surface area contributed by atoms with Crippen molar-refractivity contribution in [2.75, 3.05) is 25.1 Å². The fraction of sp³-hybridized carbons (Fsp3) is 0.250. The summed E-state index contributed by atoms with van der Waals surface area (Å²) < 4.78 is 12.0. The number of ether oxygens (including phenoxy) is 2. The fourth-order valence-electron chi connectivity index (χ4n) is 2.13. The van der Waals surface area contributed by atoms with Crippen molar-refractivity contribution in [2.24, 2.45) is 0 Å². The molecule has 1 aromatic carbocycles. The number of benzene rings is 1. The Balaban J connectivity index is 1.55. The Bertz CT molecular complexity index is 762. The molecular formula is C16H15BrN2O4S. The van der Waals surface area contributed by atoms with Crippen molar-refractivity contribution in [2.45, 2.75) is 6.42 Å². The van der Waals surface area contributed by atoms with Crippen LogP contribution in [0, 0.1) is 0 Å². The molecule has 126 valence electrons. The van der Waals surface area contributed by atoms with Gasteiger partial charge in [-0.25, -0.2) is 0 Å². The zero-order chi connectivity index (χ0) is 16.9. The highest BCUT2D eigenvalue weighted by atomic mass is 79.9. The van der Waals surface area contributed by atoms with Crippen LogP contribution in [0.15, 0.2) is 34.1 Å². The van der Waals surface area contributed by atoms with Gasteiger partial charge in [0.15, 0.2) is 11.5 Å². The predicted molar refractivity (Wildman–Crippen MR) is 95.0 cm³/mol. The highest BCUT2D eigenvalue weighted by molar-refractivity contribution is 9.11. The first-order valence-corrected chi connectivity index (χ1v) is 8.96. The van der Waals surface area contributed by atoms with Gasteiger partial charge in [-0.15, -0.1) is 11.3 Å². The molecule has 0 aliphatic carbocycles. The number of rotatable bonds is 4. The Hall–Kier alpha value is -2.06. The Kier molecular flexibility index (Phi) is 5.37. The lowest BCUT2D eigenvalue weighted by Crippen LogP contribution is -2.32. The van der Waals surface area contributed by atoms with Gasteiger partial charge in [0.05, 0.1) is 28.4 Å². The molecule has 0 saturated carbocycles. The van der Waals surface area contributed by atoms with Gasteiger partial charge in [0.2, 0.25) is 5.91 Å². The van der Waals surface area contributed by atoms with E-state index in [1.807, 2.05) is 0 Å². The molecule has 1 aromatic heterocycles. The molecule has 1 aliphatic heterocycles. The van der Waals surface area contributed by atoms with E-state index in [-0.39, 0.29) is 18.4 Å². The summed E-state index contributed by atoms with van der Waals surface area (Å²) >= 11 is 4.61. The number of fused-ring (bicyclic) bond motifs is 1. The zero-order valence-electron chi connectivity index (χ0n) is 12.6. The maximum Gasteiger partial charge on any atom is 0.261 e. The van der Waals surface area contributed by atoms with Crippen molar-refractivity contribution in [1.29, 1.82) is 0 Å². The van der Waals surface area contributed by atoms with Gasteiger partial charge >= 0.3 is 0 Å². The van der Waals surface area contributed by atoms with E-state index in [2.05, 4.69) is 26.6 Å². The smallest absolute Gasteiger partial charge is 0.261 e. The summed E-state index contributed by atoms with van der Waals surface area (Å²) in [7, 11) is 0. The normalized spacial score (nSPS) is 13.0. The Morgan fingerprint density at radius 3 is 2.67 bits per heavy atom. The summed E-state index contributed by atoms with van der Waals surface area (Å²) in [6.45, 7) is 1.09. The number of hydrogen-bond acceptors (Lipinski definition) is 5. The first kappa shape index (κ1) is 16.8. The lowest BCUT2D eigenvalue weighted by molar-refractivity contribution is -0.115. The molecule has 6 nitrogen and oxygen atoms in total. The van der Waals surface area contributed by atoms with Crippen molar-refractivity contribution < 1.29 is 19.1 Å². The van der Waals surface area contributed by atoms with Crippen molar-refractivity contribution in [1.82, 2.24) is 5.32 Å². The number of nitrogens with one attached hydrogen (secondary N) is 2. The minimum Gasteiger partial charge on any atom is -0.490 e. The summed E-state index contributed by atoms with van der Waals surface area (Å²) in [6, 6.07) is 8.71. The molecule has 0 bridgehead atoms. The van der Waals surface area contributed by atoms with Gasteiger partial charge in [-0.05, 0) is 40.2 Å². The topological polar surface area (TPSA) is 76.7 Å². The summed E-state index contributed by atoms with van der Waals surface area (Å²) in [5, 5.41) is 5.32. The third-order valence-corrected chi connectivity index (χ3v) is 4.86. The minimum atomic E-state index is -0.312. The van der Waals surface area contributed by atoms with Gasteiger partial charge in [-0.3, -0.25) is 9.59 Å². The SMILES string of the molecule is O=C(CNC(=O)c1ccc(Br)s1)Nc1ccc2c(c1)OCCCO2. The molecule has 2 N–H and O–H groups in total. The van der Waals surface area contributed by atoms with E-state index in [1.165, 1.54) is 11.3 Å². The van der Waals surface area contributed by atoms with Crippen LogP contribution in [0.25, 0.3) is 0 Å². The van der Waals surface area contributed by atoms with Crippen LogP contribution < -0.4 is 20.1 Å². The number of carbonyl (C=O) groups is 2. The van der Waals surface area contributed by atoms with Crippen molar-refractivity contribution in [3.8, 4) is 11.5 Å². The fourth-order valence-corrected chi connectivity index (χ4v) is 3.43. The third-order valence-electron chi connectivity index (χ3n) is 3.24. The van der Waals surface area contributed by atoms with E-state index in [0.717, 1.165) is 10.2 Å². The monoisotopic (exact) mass is 410 g/mol. The standard InChI is InChI=1S/C16H15BrN2O4S/c17-14-5-4-13(24-14)16(21)18-9-15(20)19-10-2-3-11-12(8-10)23-7-1-6-22-11/h2-5,8H,1,6-7,9H2,(H,18,21)(H,19,20). The zero-order valence-corrected chi connectivity index (χ0v) is 15.0. The molecule has 0 saturated heterocycles. The van der Waals surface area contributed by atoms with Crippen molar-refractivity contribution >= 4 is 44.8 Å². The molecule has 0 atom stereocenters. The van der Waals surface area contributed by atoms with Crippen LogP contribution in [0.5, 0.6) is 11.5 Å². The molecule has 3 rings (SSSR count). The van der Waals surface area contributed by atoms with Gasteiger partial charge in [-0.1, -0.05) is 0 Å². The molecule has 0 radical (unpaired) electrons. The molecule has 2 heterocycles. The maximum atomic E-state index is 12.0. The van der Waals surface area contributed by atoms with Gasteiger partial charge in [0.25, 0.3) is 5.91 Å². The highest BCUT2D eigenvalue weighted by Crippen LogP contribution is 2.32. The lowest BCUT2D eigenvalue weighted by Gasteiger charge is -2.10. The molecule has 2 aromatic rings. The predicted octanol–water partition coefficient (Wildman–Crippen LogP) is 3.04. The Morgan fingerprint density at radius 1 is 1.12 bits per heavy atom. The van der Waals surface area contributed by atoms with E-state index < -0.39 is 0 Å². The van der Waals surface area contributed by atoms with Gasteiger partial charge in [-0.2, -0.15) is 0 Å². The average Bonchev–Trinajstić information content (AvgIpc) is 2.87. The van der Waals surface area contributed by atoms with Crippen LogP contribution >= 0.6 is 27.3 Å². The van der Waals surface area contributed by atoms with E-state index in [0.29, 0.717) is 35.3 Å². The second-order valence-electron chi connectivity index (χ2n) is 5.05. The third kappa shape index (κ3) is 4.27. The minimum absolute atomic E-state index is 0.108. The molecule has 8 heteroatoms. The molecule has 0 spiro atoms. The molecule has 0 fully saturated rings. The molecule has 24 heavy (non-hydrogen) atoms. The van der Waals surface area contributed by atoms with Gasteiger partial charge in [0, 0.05) is 18.2 Å². The van der Waals surface area contributed by atoms with E-state index >= 15 is 0 Å². The number of halogens is 1. The number of carbonyl (C=O) groups excluding carboxylic acids is 2. The van der Waals surface area contributed by atoms with Crippen LogP contribution in [0.2, 0.25) is 0 Å². The van der Waals surface area contributed by atoms with Crippen molar-refractivity contribution in [3.63, 3.8) is 0 Å². The Labute approximate surface area is 151 Å². The number of hydrogen-bond donors (Lipinski definition) is 2. The Morgan fingerprint density at radius 2 is 1.92 bits per heavy atom. The largest absolute Gasteiger partial charge is 0.490 e. The van der Waals surface area contributed by atoms with E-state index in [4.69, 9.17) is 9.47 Å². The van der Waals surface area contributed by atoms with Crippen LogP contribution in [-0.4, -0.2) is 31.6 Å². The van der Waals surface area contributed by atoms with Crippen LogP contribution in [0.4, 0.5) is 5.69 Å². The first-order valence-electron chi connectivity index (χ1n) is 7.35. The molecule has 1 aliphatic rings. The average molecular weight is 411 g/mol. The van der Waals surface area contributed by atoms with Crippen LogP contribution in [0.1, 0.15) is 16.1 Å². The van der Waals surface area contributed by atoms with Crippen LogP contribution in [0.3, 0.4) is 0 Å². The van der Waals surface area contributed by atoms with E-state index in [9.17, 15) is 9.59 Å². The van der Waals surface area contributed by atoms with Gasteiger partial charge in [0.1, 0.15) is 0 Å². The summed E-state index contributed by atoms with van der Waals surface area (Å²) in [5.74, 6) is 0.688. The number of thiophene rings is 1. The summed E-state index contributed by atoms with van der Waals surface area (Å²) in [4.78, 5) is 24.4. The second kappa shape index (κ2) is 7.67. The summed E-state index contributed by atoms with van der Waals surface area (Å²) in [6.07, 6.45) is 0.821. The molecule has 0 unspecified atom stereocenters. The van der Waals surface area contributed by atoms with Crippen molar-refractivity contribution in [3.05, 3.63) is 39.0 Å². The second-order valence-corrected chi connectivity index (χ2v) is 7.51. The molecule has 2 amide bonds. The number of amides is 2. The highest BCUT2D eigenvalue weighted by Gasteiger charge is 2.13. The van der Waals surface area contributed by atoms with E-state index in [1.54, 1.807) is 30.3 Å². The first-order chi connectivity index (χ1) is 11.6.